The van der Waals surface area contributed by atoms with Crippen LogP contribution in [-0.4, -0.2) is 42.1 Å². The Hall–Kier alpha value is -2.14. The average molecular weight is 324 g/mol. The fraction of sp³-hybridized carbons (Fsp3) is 0.474. The lowest BCUT2D eigenvalue weighted by molar-refractivity contribution is 0.309. The van der Waals surface area contributed by atoms with E-state index in [1.165, 1.54) is 23.2 Å². The summed E-state index contributed by atoms with van der Waals surface area (Å²) >= 11 is 0. The highest BCUT2D eigenvalue weighted by atomic mass is 16.5. The van der Waals surface area contributed by atoms with Crippen LogP contribution in [0.15, 0.2) is 30.6 Å². The second-order valence-corrected chi connectivity index (χ2v) is 6.74. The van der Waals surface area contributed by atoms with E-state index in [-0.39, 0.29) is 0 Å². The van der Waals surface area contributed by atoms with Crippen LogP contribution >= 0.6 is 0 Å². The molecule has 5 heteroatoms. The van der Waals surface area contributed by atoms with Crippen molar-refractivity contribution in [3.63, 3.8) is 0 Å². The van der Waals surface area contributed by atoms with Crippen LogP contribution in [0, 0.1) is 0 Å². The van der Waals surface area contributed by atoms with Gasteiger partial charge in [0.15, 0.2) is 0 Å². The standard InChI is InChI=1S/C19H24N4O/c1-22-10-8-17-16(12-22)19(21-13-20-17)23-9-4-7-18(23)14-5-3-6-15(11-14)24-2/h3,5-6,11,13,18H,4,7-10,12H2,1-2H3. The summed E-state index contributed by atoms with van der Waals surface area (Å²) in [6, 6.07) is 8.80. The van der Waals surface area contributed by atoms with E-state index in [9.17, 15) is 0 Å². The summed E-state index contributed by atoms with van der Waals surface area (Å²) in [5, 5.41) is 0. The van der Waals surface area contributed by atoms with Gasteiger partial charge in [-0.25, -0.2) is 9.97 Å². The van der Waals surface area contributed by atoms with Crippen molar-refractivity contribution in [3.8, 4) is 5.75 Å². The molecule has 126 valence electrons. The van der Waals surface area contributed by atoms with Gasteiger partial charge in [0.05, 0.1) is 18.8 Å². The summed E-state index contributed by atoms with van der Waals surface area (Å²) in [6.45, 7) is 3.06. The molecule has 1 atom stereocenters. The maximum atomic E-state index is 5.41. The third kappa shape index (κ3) is 2.73. The second kappa shape index (κ2) is 6.40. The van der Waals surface area contributed by atoms with Crippen molar-refractivity contribution in [1.82, 2.24) is 14.9 Å². The Morgan fingerprint density at radius 2 is 2.12 bits per heavy atom. The van der Waals surface area contributed by atoms with Gasteiger partial charge in [0.25, 0.3) is 0 Å². The van der Waals surface area contributed by atoms with Gasteiger partial charge in [0.2, 0.25) is 0 Å². The first-order chi connectivity index (χ1) is 11.8. The molecule has 2 aromatic rings. The Bertz CT molecular complexity index is 733. The normalized spacial score (nSPS) is 20.9. The maximum absolute atomic E-state index is 5.41. The zero-order valence-electron chi connectivity index (χ0n) is 14.4. The number of aromatic nitrogens is 2. The van der Waals surface area contributed by atoms with E-state index >= 15 is 0 Å². The average Bonchev–Trinajstić information content (AvgIpc) is 3.10. The quantitative estimate of drug-likeness (QED) is 0.868. The van der Waals surface area contributed by atoms with E-state index in [4.69, 9.17) is 4.74 Å². The molecule has 0 saturated carbocycles. The number of anilines is 1. The van der Waals surface area contributed by atoms with Crippen molar-refractivity contribution in [1.29, 1.82) is 0 Å². The largest absolute Gasteiger partial charge is 0.497 e. The minimum atomic E-state index is 0.367. The Morgan fingerprint density at radius 1 is 1.21 bits per heavy atom. The maximum Gasteiger partial charge on any atom is 0.137 e. The lowest BCUT2D eigenvalue weighted by Crippen LogP contribution is -2.32. The van der Waals surface area contributed by atoms with Crippen LogP contribution in [0.1, 0.15) is 35.7 Å². The van der Waals surface area contributed by atoms with E-state index in [1.807, 2.05) is 6.07 Å². The number of methoxy groups -OCH3 is 1. The first-order valence-corrected chi connectivity index (χ1v) is 8.68. The van der Waals surface area contributed by atoms with Crippen LogP contribution in [0.2, 0.25) is 0 Å². The van der Waals surface area contributed by atoms with Crippen LogP contribution < -0.4 is 9.64 Å². The molecule has 0 N–H and O–H groups in total. The molecule has 2 aliphatic rings. The van der Waals surface area contributed by atoms with Crippen molar-refractivity contribution < 1.29 is 4.74 Å². The Labute approximate surface area is 143 Å². The highest BCUT2D eigenvalue weighted by molar-refractivity contribution is 5.53. The lowest BCUT2D eigenvalue weighted by Gasteiger charge is -2.32. The fourth-order valence-corrected chi connectivity index (χ4v) is 3.92. The second-order valence-electron chi connectivity index (χ2n) is 6.74. The van der Waals surface area contributed by atoms with Gasteiger partial charge in [-0.2, -0.15) is 0 Å². The summed E-state index contributed by atoms with van der Waals surface area (Å²) in [6.07, 6.45) is 5.09. The Morgan fingerprint density at radius 3 is 3.00 bits per heavy atom. The number of benzene rings is 1. The summed E-state index contributed by atoms with van der Waals surface area (Å²) in [7, 11) is 3.89. The molecule has 24 heavy (non-hydrogen) atoms. The number of rotatable bonds is 3. The zero-order valence-corrected chi connectivity index (χ0v) is 14.4. The van der Waals surface area contributed by atoms with Gasteiger partial charge in [-0.05, 0) is 37.6 Å². The van der Waals surface area contributed by atoms with E-state index < -0.39 is 0 Å². The molecule has 5 nitrogen and oxygen atoms in total. The first kappa shape index (κ1) is 15.4. The van der Waals surface area contributed by atoms with Gasteiger partial charge >= 0.3 is 0 Å². The molecule has 0 aliphatic carbocycles. The molecule has 2 aliphatic heterocycles. The highest BCUT2D eigenvalue weighted by Gasteiger charge is 2.31. The molecule has 1 aromatic heterocycles. The fourth-order valence-electron chi connectivity index (χ4n) is 3.92. The smallest absolute Gasteiger partial charge is 0.137 e. The number of ether oxygens (including phenoxy) is 1. The minimum absolute atomic E-state index is 0.367. The van der Waals surface area contributed by atoms with Crippen LogP contribution in [0.25, 0.3) is 0 Å². The number of hydrogen-bond donors (Lipinski definition) is 0. The van der Waals surface area contributed by atoms with Gasteiger partial charge in [0.1, 0.15) is 17.9 Å². The highest BCUT2D eigenvalue weighted by Crippen LogP contribution is 2.38. The third-order valence-corrected chi connectivity index (χ3v) is 5.17. The predicted octanol–water partition coefficient (Wildman–Crippen LogP) is 2.81. The third-order valence-electron chi connectivity index (χ3n) is 5.17. The Kier molecular flexibility index (Phi) is 4.10. The molecule has 0 amide bonds. The molecular weight excluding hydrogens is 300 g/mol. The summed E-state index contributed by atoms with van der Waals surface area (Å²) < 4.78 is 5.41. The van der Waals surface area contributed by atoms with Crippen LogP contribution in [-0.2, 0) is 13.0 Å². The molecule has 0 spiro atoms. The van der Waals surface area contributed by atoms with Gasteiger partial charge < -0.3 is 14.5 Å². The topological polar surface area (TPSA) is 41.5 Å². The van der Waals surface area contributed by atoms with Crippen molar-refractivity contribution in [2.24, 2.45) is 0 Å². The number of fused-ring (bicyclic) bond motifs is 1. The van der Waals surface area contributed by atoms with Crippen molar-refractivity contribution >= 4 is 5.82 Å². The van der Waals surface area contributed by atoms with Crippen LogP contribution in [0.4, 0.5) is 5.82 Å². The van der Waals surface area contributed by atoms with Gasteiger partial charge in [-0.1, -0.05) is 12.1 Å². The summed E-state index contributed by atoms with van der Waals surface area (Å²) in [4.78, 5) is 14.0. The van der Waals surface area contributed by atoms with E-state index in [1.54, 1.807) is 13.4 Å². The zero-order chi connectivity index (χ0) is 16.5. The van der Waals surface area contributed by atoms with Gasteiger partial charge in [-0.15, -0.1) is 0 Å². The summed E-state index contributed by atoms with van der Waals surface area (Å²) in [5.74, 6) is 2.04. The molecule has 0 radical (unpaired) electrons. The molecule has 1 saturated heterocycles. The Balaban J connectivity index is 1.71. The van der Waals surface area contributed by atoms with Gasteiger partial charge in [-0.3, -0.25) is 0 Å². The van der Waals surface area contributed by atoms with Crippen molar-refractivity contribution in [2.45, 2.75) is 31.8 Å². The van der Waals surface area contributed by atoms with Crippen LogP contribution in [0.3, 0.4) is 0 Å². The molecule has 0 bridgehead atoms. The number of likely N-dealkylation sites (N-methyl/N-ethyl adjacent to an activating group) is 1. The molecule has 4 rings (SSSR count). The number of hydrogen-bond acceptors (Lipinski definition) is 5. The van der Waals surface area contributed by atoms with E-state index in [0.717, 1.165) is 44.0 Å². The molecule has 1 fully saturated rings. The van der Waals surface area contributed by atoms with E-state index in [2.05, 4.69) is 45.0 Å². The van der Waals surface area contributed by atoms with Crippen molar-refractivity contribution in [3.05, 3.63) is 47.4 Å². The lowest BCUT2D eigenvalue weighted by atomic mass is 10.0. The SMILES string of the molecule is COc1cccc(C2CCCN2c2ncnc3c2CN(C)CC3)c1. The molecular formula is C19H24N4O. The molecule has 3 heterocycles. The first-order valence-electron chi connectivity index (χ1n) is 8.68. The number of nitrogens with zero attached hydrogens (tertiary/aromatic N) is 4. The van der Waals surface area contributed by atoms with Crippen molar-refractivity contribution in [2.75, 3.05) is 32.1 Å². The monoisotopic (exact) mass is 324 g/mol. The molecule has 1 unspecified atom stereocenters. The minimum Gasteiger partial charge on any atom is -0.497 e. The molecule has 1 aromatic carbocycles. The summed E-state index contributed by atoms with van der Waals surface area (Å²) in [5.41, 5.74) is 3.83. The van der Waals surface area contributed by atoms with Crippen LogP contribution in [0.5, 0.6) is 5.75 Å². The predicted molar refractivity (Wildman–Crippen MR) is 94.4 cm³/mol. The van der Waals surface area contributed by atoms with Gasteiger partial charge in [0, 0.05) is 31.6 Å². The van der Waals surface area contributed by atoms with E-state index in [0.29, 0.717) is 6.04 Å².